The molecule has 1 aromatic rings. The Labute approximate surface area is 97.1 Å². The van der Waals surface area contributed by atoms with Crippen molar-refractivity contribution >= 4 is 15.7 Å². The van der Waals surface area contributed by atoms with Gasteiger partial charge < -0.3 is 5.32 Å². The molecule has 90 valence electrons. The van der Waals surface area contributed by atoms with Crippen LogP contribution in [0.25, 0.3) is 0 Å². The summed E-state index contributed by atoms with van der Waals surface area (Å²) in [6.45, 7) is 3.95. The zero-order valence-corrected chi connectivity index (χ0v) is 10.6. The molecular weight excluding hydrogens is 224 g/mol. The molecule has 0 atom stereocenters. The van der Waals surface area contributed by atoms with E-state index in [9.17, 15) is 8.42 Å². The van der Waals surface area contributed by atoms with E-state index in [4.69, 9.17) is 0 Å². The van der Waals surface area contributed by atoms with Crippen molar-refractivity contribution in [3.05, 3.63) is 29.8 Å². The fourth-order valence-corrected chi connectivity index (χ4v) is 1.98. The number of nitrogens with one attached hydrogen (secondary N) is 2. The van der Waals surface area contributed by atoms with Crippen molar-refractivity contribution in [1.29, 1.82) is 0 Å². The van der Waals surface area contributed by atoms with Gasteiger partial charge >= 0.3 is 0 Å². The Morgan fingerprint density at radius 3 is 2.44 bits per heavy atom. The average molecular weight is 242 g/mol. The van der Waals surface area contributed by atoms with E-state index in [1.807, 2.05) is 25.2 Å². The summed E-state index contributed by atoms with van der Waals surface area (Å²) in [6, 6.07) is 7.37. The summed E-state index contributed by atoms with van der Waals surface area (Å²) in [7, 11) is -1.44. The largest absolute Gasteiger partial charge is 0.316 e. The van der Waals surface area contributed by atoms with E-state index in [2.05, 4.69) is 10.0 Å². The van der Waals surface area contributed by atoms with Crippen LogP contribution >= 0.6 is 0 Å². The summed E-state index contributed by atoms with van der Waals surface area (Å²) < 4.78 is 26.1. The van der Waals surface area contributed by atoms with Crippen molar-refractivity contribution in [3.8, 4) is 0 Å². The third-order valence-electron chi connectivity index (χ3n) is 2.26. The molecule has 0 radical (unpaired) electrons. The Hall–Kier alpha value is -1.07. The van der Waals surface area contributed by atoms with Gasteiger partial charge in [0.1, 0.15) is 0 Å². The van der Waals surface area contributed by atoms with E-state index in [0.717, 1.165) is 5.56 Å². The molecule has 0 saturated heterocycles. The highest BCUT2D eigenvalue weighted by Crippen LogP contribution is 2.17. The molecule has 5 heteroatoms. The van der Waals surface area contributed by atoms with E-state index in [1.165, 1.54) is 0 Å². The van der Waals surface area contributed by atoms with Crippen LogP contribution in [0.3, 0.4) is 0 Å². The van der Waals surface area contributed by atoms with Crippen molar-refractivity contribution < 1.29 is 8.42 Å². The molecule has 0 spiro atoms. The monoisotopic (exact) mass is 242 g/mol. The van der Waals surface area contributed by atoms with Crippen molar-refractivity contribution in [3.63, 3.8) is 0 Å². The molecule has 0 saturated carbocycles. The summed E-state index contributed by atoms with van der Waals surface area (Å²) in [5.41, 5.74) is 1.58. The maximum absolute atomic E-state index is 11.7. The van der Waals surface area contributed by atoms with Gasteiger partial charge in [-0.1, -0.05) is 18.2 Å². The first-order valence-electron chi connectivity index (χ1n) is 5.21. The van der Waals surface area contributed by atoms with Crippen LogP contribution in [-0.4, -0.2) is 20.7 Å². The van der Waals surface area contributed by atoms with Crippen molar-refractivity contribution in [1.82, 2.24) is 5.32 Å². The lowest BCUT2D eigenvalue weighted by atomic mass is 10.2. The first kappa shape index (κ1) is 13.0. The van der Waals surface area contributed by atoms with Crippen LogP contribution in [0, 0.1) is 0 Å². The molecular formula is C11H18N2O2S. The van der Waals surface area contributed by atoms with Gasteiger partial charge in [-0.2, -0.15) is 0 Å². The SMILES string of the molecule is CNCc1ccccc1NS(=O)(=O)C(C)C. The number of para-hydroxylation sites is 1. The van der Waals surface area contributed by atoms with Crippen LogP contribution in [0.2, 0.25) is 0 Å². The summed E-state index contributed by atoms with van der Waals surface area (Å²) in [5.74, 6) is 0. The first-order chi connectivity index (χ1) is 7.47. The van der Waals surface area contributed by atoms with Gasteiger partial charge in [0.2, 0.25) is 10.0 Å². The van der Waals surface area contributed by atoms with Crippen LogP contribution in [0.4, 0.5) is 5.69 Å². The normalized spacial score (nSPS) is 11.8. The molecule has 0 aliphatic heterocycles. The van der Waals surface area contributed by atoms with E-state index >= 15 is 0 Å². The zero-order chi connectivity index (χ0) is 12.2. The van der Waals surface area contributed by atoms with E-state index in [-0.39, 0.29) is 0 Å². The van der Waals surface area contributed by atoms with Gasteiger partial charge in [-0.05, 0) is 32.5 Å². The molecule has 1 rings (SSSR count). The molecule has 0 amide bonds. The number of rotatable bonds is 5. The van der Waals surface area contributed by atoms with Crippen LogP contribution in [-0.2, 0) is 16.6 Å². The van der Waals surface area contributed by atoms with E-state index in [0.29, 0.717) is 12.2 Å². The quantitative estimate of drug-likeness (QED) is 0.823. The standard InChI is InChI=1S/C11H18N2O2S/c1-9(2)16(14,15)13-11-7-5-4-6-10(11)8-12-3/h4-7,9,12-13H,8H2,1-3H3. The van der Waals surface area contributed by atoms with Crippen LogP contribution in [0.1, 0.15) is 19.4 Å². The number of hydrogen-bond donors (Lipinski definition) is 2. The topological polar surface area (TPSA) is 58.2 Å². The fraction of sp³-hybridized carbons (Fsp3) is 0.455. The highest BCUT2D eigenvalue weighted by atomic mass is 32.2. The lowest BCUT2D eigenvalue weighted by molar-refractivity contribution is 0.592. The summed E-state index contributed by atoms with van der Waals surface area (Å²) >= 11 is 0. The number of hydrogen-bond acceptors (Lipinski definition) is 3. The van der Waals surface area contributed by atoms with Crippen LogP contribution < -0.4 is 10.0 Å². The zero-order valence-electron chi connectivity index (χ0n) is 9.82. The van der Waals surface area contributed by atoms with Crippen LogP contribution in [0.15, 0.2) is 24.3 Å². The van der Waals surface area contributed by atoms with Crippen molar-refractivity contribution in [2.24, 2.45) is 0 Å². The molecule has 0 unspecified atom stereocenters. The molecule has 1 aromatic carbocycles. The maximum atomic E-state index is 11.7. The third-order valence-corrected chi connectivity index (χ3v) is 4.00. The second-order valence-corrected chi connectivity index (χ2v) is 6.12. The molecule has 4 nitrogen and oxygen atoms in total. The fourth-order valence-electron chi connectivity index (χ4n) is 1.24. The minimum absolute atomic E-state index is 0.435. The molecule has 2 N–H and O–H groups in total. The Bertz CT molecular complexity index is 441. The Morgan fingerprint density at radius 2 is 1.88 bits per heavy atom. The smallest absolute Gasteiger partial charge is 0.235 e. The van der Waals surface area contributed by atoms with Gasteiger partial charge in [0, 0.05) is 6.54 Å². The number of benzene rings is 1. The summed E-state index contributed by atoms with van der Waals surface area (Å²) in [5, 5.41) is 2.57. The van der Waals surface area contributed by atoms with Crippen molar-refractivity contribution in [2.75, 3.05) is 11.8 Å². The molecule has 0 bridgehead atoms. The van der Waals surface area contributed by atoms with E-state index < -0.39 is 15.3 Å². The maximum Gasteiger partial charge on any atom is 0.235 e. The van der Waals surface area contributed by atoms with Gasteiger partial charge in [0.05, 0.1) is 10.9 Å². The Morgan fingerprint density at radius 1 is 1.25 bits per heavy atom. The molecule has 0 aliphatic carbocycles. The summed E-state index contributed by atoms with van der Waals surface area (Å²) in [4.78, 5) is 0. The molecule has 0 heterocycles. The minimum Gasteiger partial charge on any atom is -0.316 e. The van der Waals surface area contributed by atoms with E-state index in [1.54, 1.807) is 19.9 Å². The average Bonchev–Trinajstić information content (AvgIpc) is 2.20. The molecule has 16 heavy (non-hydrogen) atoms. The van der Waals surface area contributed by atoms with Gasteiger partial charge in [0.15, 0.2) is 0 Å². The molecule has 0 fully saturated rings. The second-order valence-electron chi connectivity index (χ2n) is 3.88. The minimum atomic E-state index is -3.27. The number of anilines is 1. The lowest BCUT2D eigenvalue weighted by Gasteiger charge is -2.14. The Kier molecular flexibility index (Phi) is 4.32. The Balaban J connectivity index is 2.97. The van der Waals surface area contributed by atoms with Gasteiger partial charge in [0.25, 0.3) is 0 Å². The molecule has 0 aromatic heterocycles. The first-order valence-corrected chi connectivity index (χ1v) is 6.76. The van der Waals surface area contributed by atoms with Gasteiger partial charge in [-0.25, -0.2) is 8.42 Å². The van der Waals surface area contributed by atoms with Crippen LogP contribution in [0.5, 0.6) is 0 Å². The third kappa shape index (κ3) is 3.21. The lowest BCUT2D eigenvalue weighted by Crippen LogP contribution is -2.23. The second kappa shape index (κ2) is 5.32. The highest BCUT2D eigenvalue weighted by molar-refractivity contribution is 7.93. The molecule has 0 aliphatic rings. The summed E-state index contributed by atoms with van der Waals surface area (Å²) in [6.07, 6.45) is 0. The number of sulfonamides is 1. The predicted octanol–water partition coefficient (Wildman–Crippen LogP) is 1.56. The predicted molar refractivity (Wildman–Crippen MR) is 66.9 cm³/mol. The highest BCUT2D eigenvalue weighted by Gasteiger charge is 2.16. The van der Waals surface area contributed by atoms with Gasteiger partial charge in [-0.15, -0.1) is 0 Å². The van der Waals surface area contributed by atoms with Crippen molar-refractivity contribution in [2.45, 2.75) is 25.6 Å². The van der Waals surface area contributed by atoms with Gasteiger partial charge in [-0.3, -0.25) is 4.72 Å².